The van der Waals surface area contributed by atoms with Crippen LogP contribution in [0.1, 0.15) is 15.2 Å². The smallest absolute Gasteiger partial charge is 0.266 e. The summed E-state index contributed by atoms with van der Waals surface area (Å²) in [5, 5.41) is 1.15. The number of hydrogen-bond acceptors (Lipinski definition) is 6. The normalized spacial score (nSPS) is 17.3. The molecule has 0 saturated heterocycles. The number of pyridine rings is 1. The maximum atomic E-state index is 13.2. The molecule has 9 heteroatoms. The Morgan fingerprint density at radius 2 is 1.90 bits per heavy atom. The Hall–Kier alpha value is -2.91. The molecule has 1 amide bonds. The van der Waals surface area contributed by atoms with E-state index in [4.69, 9.17) is 0 Å². The third-order valence-corrected chi connectivity index (χ3v) is 6.69. The molecule has 1 atom stereocenters. The van der Waals surface area contributed by atoms with Gasteiger partial charge in [-0.05, 0) is 65.6 Å². The molecular weight excluding hydrogens is 413 g/mol. The molecule has 0 fully saturated rings. The zero-order chi connectivity index (χ0) is 20.4. The molecule has 1 aliphatic heterocycles. The summed E-state index contributed by atoms with van der Waals surface area (Å²) in [5.74, 6) is -0.801. The summed E-state index contributed by atoms with van der Waals surface area (Å²) in [6.07, 6.45) is 4.79. The molecule has 4 rings (SSSR count). The molecule has 1 unspecified atom stereocenters. The lowest BCUT2D eigenvalue weighted by atomic mass is 10.1. The number of rotatable bonds is 5. The van der Waals surface area contributed by atoms with Gasteiger partial charge in [0.25, 0.3) is 5.91 Å². The van der Waals surface area contributed by atoms with Gasteiger partial charge in [0.15, 0.2) is 9.84 Å². The van der Waals surface area contributed by atoms with E-state index in [1.807, 2.05) is 0 Å². The SMILES string of the molecule is O=C(c1cc(-c2ccc(F)cc2)ns1)N(Cc1ccncc1)C1C=CS(=O)(=O)C1. The highest BCUT2D eigenvalue weighted by Gasteiger charge is 2.31. The third kappa shape index (κ3) is 4.41. The van der Waals surface area contributed by atoms with E-state index >= 15 is 0 Å². The quantitative estimate of drug-likeness (QED) is 0.622. The van der Waals surface area contributed by atoms with Gasteiger partial charge in [0, 0.05) is 29.9 Å². The van der Waals surface area contributed by atoms with E-state index < -0.39 is 15.9 Å². The molecule has 148 valence electrons. The monoisotopic (exact) mass is 429 g/mol. The van der Waals surface area contributed by atoms with Crippen molar-refractivity contribution in [2.24, 2.45) is 0 Å². The van der Waals surface area contributed by atoms with Crippen LogP contribution >= 0.6 is 11.5 Å². The molecule has 1 aliphatic rings. The second-order valence-electron chi connectivity index (χ2n) is 6.60. The van der Waals surface area contributed by atoms with Crippen LogP contribution in [-0.2, 0) is 16.4 Å². The number of hydrogen-bond donors (Lipinski definition) is 0. The van der Waals surface area contributed by atoms with Gasteiger partial charge in [0.1, 0.15) is 10.7 Å². The van der Waals surface area contributed by atoms with Gasteiger partial charge in [-0.1, -0.05) is 0 Å². The summed E-state index contributed by atoms with van der Waals surface area (Å²) in [7, 11) is -3.32. The van der Waals surface area contributed by atoms with Crippen molar-refractivity contribution >= 4 is 27.3 Å². The number of carbonyl (C=O) groups is 1. The van der Waals surface area contributed by atoms with E-state index in [0.29, 0.717) is 16.1 Å². The van der Waals surface area contributed by atoms with Crippen molar-refractivity contribution in [1.82, 2.24) is 14.3 Å². The van der Waals surface area contributed by atoms with Crippen molar-refractivity contribution in [3.8, 4) is 11.3 Å². The zero-order valence-electron chi connectivity index (χ0n) is 15.1. The minimum absolute atomic E-state index is 0.145. The summed E-state index contributed by atoms with van der Waals surface area (Å²) in [5.41, 5.74) is 2.11. The number of halogens is 1. The van der Waals surface area contributed by atoms with Gasteiger partial charge in [0.05, 0.1) is 17.5 Å². The van der Waals surface area contributed by atoms with Crippen LogP contribution in [0.25, 0.3) is 11.3 Å². The maximum Gasteiger partial charge on any atom is 0.266 e. The highest BCUT2D eigenvalue weighted by atomic mass is 32.2. The lowest BCUT2D eigenvalue weighted by Gasteiger charge is -2.27. The molecular formula is C20H16FN3O3S2. The van der Waals surface area contributed by atoms with Crippen LogP contribution in [0.5, 0.6) is 0 Å². The molecule has 6 nitrogen and oxygen atoms in total. The number of nitrogens with zero attached hydrogens (tertiary/aromatic N) is 3. The fraction of sp³-hybridized carbons (Fsp3) is 0.150. The Balaban J connectivity index is 1.63. The molecule has 3 aromatic rings. The van der Waals surface area contributed by atoms with Gasteiger partial charge >= 0.3 is 0 Å². The van der Waals surface area contributed by atoms with E-state index in [1.165, 1.54) is 23.1 Å². The molecule has 29 heavy (non-hydrogen) atoms. The number of carbonyl (C=O) groups excluding carboxylic acids is 1. The molecule has 0 radical (unpaired) electrons. The molecule has 2 aromatic heterocycles. The van der Waals surface area contributed by atoms with Crippen LogP contribution in [0.4, 0.5) is 4.39 Å². The van der Waals surface area contributed by atoms with Crippen LogP contribution in [-0.4, -0.2) is 40.4 Å². The first-order valence-corrected chi connectivity index (χ1v) is 11.2. The topological polar surface area (TPSA) is 80.2 Å². The van der Waals surface area contributed by atoms with E-state index in [2.05, 4.69) is 9.36 Å². The van der Waals surface area contributed by atoms with E-state index in [9.17, 15) is 17.6 Å². The first-order valence-electron chi connectivity index (χ1n) is 8.75. The van der Waals surface area contributed by atoms with E-state index in [1.54, 1.807) is 42.7 Å². The van der Waals surface area contributed by atoms with Crippen LogP contribution in [0, 0.1) is 5.82 Å². The van der Waals surface area contributed by atoms with Crippen molar-refractivity contribution in [2.45, 2.75) is 12.6 Å². The van der Waals surface area contributed by atoms with Gasteiger partial charge in [-0.15, -0.1) is 0 Å². The predicted molar refractivity (Wildman–Crippen MR) is 108 cm³/mol. The lowest BCUT2D eigenvalue weighted by molar-refractivity contribution is 0.0718. The summed E-state index contributed by atoms with van der Waals surface area (Å²) in [6.45, 7) is 0.246. The molecule has 0 bridgehead atoms. The van der Waals surface area contributed by atoms with Gasteiger partial charge in [0.2, 0.25) is 0 Å². The number of benzene rings is 1. The highest BCUT2D eigenvalue weighted by molar-refractivity contribution is 7.94. The summed E-state index contributed by atoms with van der Waals surface area (Å²) >= 11 is 1.03. The minimum Gasteiger partial charge on any atom is -0.326 e. The second-order valence-corrected chi connectivity index (χ2v) is 9.33. The van der Waals surface area contributed by atoms with Crippen molar-refractivity contribution < 1.29 is 17.6 Å². The molecule has 0 aliphatic carbocycles. The first kappa shape index (κ1) is 19.4. The van der Waals surface area contributed by atoms with Crippen LogP contribution in [0.3, 0.4) is 0 Å². The Kier molecular flexibility index (Phi) is 5.25. The average molecular weight is 429 g/mol. The van der Waals surface area contributed by atoms with Crippen molar-refractivity contribution in [1.29, 1.82) is 0 Å². The lowest BCUT2D eigenvalue weighted by Crippen LogP contribution is -2.40. The third-order valence-electron chi connectivity index (χ3n) is 4.54. The fourth-order valence-corrected chi connectivity index (χ4v) is 5.07. The van der Waals surface area contributed by atoms with Gasteiger partial charge in [-0.2, -0.15) is 4.37 Å². The van der Waals surface area contributed by atoms with Crippen LogP contribution < -0.4 is 0 Å². The molecule has 3 heterocycles. The summed E-state index contributed by atoms with van der Waals surface area (Å²) < 4.78 is 41.2. The van der Waals surface area contributed by atoms with Gasteiger partial charge < -0.3 is 4.90 Å². The van der Waals surface area contributed by atoms with Gasteiger partial charge in [-0.3, -0.25) is 9.78 Å². The van der Waals surface area contributed by atoms with Gasteiger partial charge in [-0.25, -0.2) is 12.8 Å². The Bertz CT molecular complexity index is 1160. The van der Waals surface area contributed by atoms with E-state index in [0.717, 1.165) is 22.5 Å². The Morgan fingerprint density at radius 3 is 2.55 bits per heavy atom. The largest absolute Gasteiger partial charge is 0.326 e. The molecule has 1 aromatic carbocycles. The van der Waals surface area contributed by atoms with Crippen LogP contribution in [0.2, 0.25) is 0 Å². The zero-order valence-corrected chi connectivity index (χ0v) is 16.7. The highest BCUT2D eigenvalue weighted by Crippen LogP contribution is 2.26. The standard InChI is InChI=1S/C20H16FN3O3S2/c21-16-3-1-15(2-4-16)18-11-19(28-23-18)20(25)24(12-14-5-8-22-9-6-14)17-7-10-29(26,27)13-17/h1-11,17H,12-13H2. The average Bonchev–Trinajstić information content (AvgIpc) is 3.34. The van der Waals surface area contributed by atoms with Crippen molar-refractivity contribution in [3.05, 3.63) is 82.6 Å². The Labute approximate surface area is 171 Å². The van der Waals surface area contributed by atoms with Crippen LogP contribution in [0.15, 0.2) is 66.3 Å². The summed E-state index contributed by atoms with van der Waals surface area (Å²) in [4.78, 5) is 19.1. The second kappa shape index (κ2) is 7.84. The fourth-order valence-electron chi connectivity index (χ4n) is 3.05. The van der Waals surface area contributed by atoms with Crippen molar-refractivity contribution in [3.63, 3.8) is 0 Å². The number of aromatic nitrogens is 2. The predicted octanol–water partition coefficient (Wildman–Crippen LogP) is 3.30. The number of amides is 1. The maximum absolute atomic E-state index is 13.2. The summed E-state index contributed by atoms with van der Waals surface area (Å²) in [6, 6.07) is 10.5. The Morgan fingerprint density at radius 1 is 1.17 bits per heavy atom. The molecule has 0 spiro atoms. The van der Waals surface area contributed by atoms with E-state index in [-0.39, 0.29) is 24.0 Å². The molecule has 0 N–H and O–H groups in total. The van der Waals surface area contributed by atoms with Crippen molar-refractivity contribution in [2.75, 3.05) is 5.75 Å². The minimum atomic E-state index is -3.32. The number of sulfone groups is 1. The first-order chi connectivity index (χ1) is 13.9. The molecule has 0 saturated carbocycles.